The van der Waals surface area contributed by atoms with E-state index in [1.807, 2.05) is 12.1 Å². The van der Waals surface area contributed by atoms with Crippen LogP contribution < -0.4 is 15.0 Å². The standard InChI is InChI=1S/C13H21N3O/c1-16(10-11-5-3-4-7-14-11)12-6-8-15-13(9-12)17-2/h6,8-9,11,14H,3-5,7,10H2,1-2H3. The van der Waals surface area contributed by atoms with Crippen LogP contribution in [-0.2, 0) is 0 Å². The Morgan fingerprint density at radius 2 is 2.41 bits per heavy atom. The van der Waals surface area contributed by atoms with Crippen LogP contribution in [0.4, 0.5) is 5.69 Å². The molecule has 4 heteroatoms. The van der Waals surface area contributed by atoms with E-state index in [0.29, 0.717) is 11.9 Å². The second-order valence-electron chi connectivity index (χ2n) is 4.58. The number of rotatable bonds is 4. The minimum absolute atomic E-state index is 0.605. The molecule has 1 fully saturated rings. The predicted molar refractivity (Wildman–Crippen MR) is 69.7 cm³/mol. The first kappa shape index (κ1) is 12.2. The summed E-state index contributed by atoms with van der Waals surface area (Å²) < 4.78 is 5.14. The third-order valence-electron chi connectivity index (χ3n) is 3.27. The van der Waals surface area contributed by atoms with Gasteiger partial charge in [0, 0.05) is 37.6 Å². The molecule has 1 aromatic rings. The molecule has 0 radical (unpaired) electrons. The molecule has 0 amide bonds. The largest absolute Gasteiger partial charge is 0.481 e. The molecule has 1 N–H and O–H groups in total. The van der Waals surface area contributed by atoms with E-state index in [1.165, 1.54) is 19.3 Å². The lowest BCUT2D eigenvalue weighted by Gasteiger charge is -2.29. The molecule has 0 saturated carbocycles. The first-order valence-corrected chi connectivity index (χ1v) is 6.24. The number of hydrogen-bond acceptors (Lipinski definition) is 4. The predicted octanol–water partition coefficient (Wildman–Crippen LogP) is 1.67. The summed E-state index contributed by atoms with van der Waals surface area (Å²) in [6.45, 7) is 2.19. The van der Waals surface area contributed by atoms with Crippen molar-refractivity contribution in [2.24, 2.45) is 0 Å². The molecule has 1 aliphatic rings. The average Bonchev–Trinajstić information content (AvgIpc) is 2.40. The lowest BCUT2D eigenvalue weighted by atomic mass is 10.0. The van der Waals surface area contributed by atoms with Gasteiger partial charge in [0.1, 0.15) is 0 Å². The van der Waals surface area contributed by atoms with Crippen LogP contribution in [0.3, 0.4) is 0 Å². The summed E-state index contributed by atoms with van der Waals surface area (Å²) in [4.78, 5) is 6.38. The molecular formula is C13H21N3O. The Bertz CT molecular complexity index is 350. The number of piperidine rings is 1. The topological polar surface area (TPSA) is 37.4 Å². The number of methoxy groups -OCH3 is 1. The van der Waals surface area contributed by atoms with Gasteiger partial charge in [-0.1, -0.05) is 6.42 Å². The van der Waals surface area contributed by atoms with E-state index < -0.39 is 0 Å². The first-order chi connectivity index (χ1) is 8.29. The molecule has 0 bridgehead atoms. The fourth-order valence-corrected chi connectivity index (χ4v) is 2.26. The number of nitrogens with one attached hydrogen (secondary N) is 1. The van der Waals surface area contributed by atoms with Crippen molar-refractivity contribution < 1.29 is 4.74 Å². The van der Waals surface area contributed by atoms with Gasteiger partial charge in [-0.15, -0.1) is 0 Å². The van der Waals surface area contributed by atoms with Gasteiger partial charge in [0.05, 0.1) is 7.11 Å². The van der Waals surface area contributed by atoms with Gasteiger partial charge in [0.25, 0.3) is 0 Å². The summed E-state index contributed by atoms with van der Waals surface area (Å²) in [7, 11) is 3.76. The summed E-state index contributed by atoms with van der Waals surface area (Å²) >= 11 is 0. The zero-order valence-corrected chi connectivity index (χ0v) is 10.6. The van der Waals surface area contributed by atoms with E-state index in [9.17, 15) is 0 Å². The number of ether oxygens (including phenoxy) is 1. The molecule has 0 aromatic carbocycles. The number of anilines is 1. The summed E-state index contributed by atoms with van der Waals surface area (Å²) in [5, 5.41) is 3.56. The van der Waals surface area contributed by atoms with Crippen molar-refractivity contribution in [3.63, 3.8) is 0 Å². The van der Waals surface area contributed by atoms with Crippen molar-refractivity contribution in [1.29, 1.82) is 0 Å². The fraction of sp³-hybridized carbons (Fsp3) is 0.615. The second kappa shape index (κ2) is 5.87. The quantitative estimate of drug-likeness (QED) is 0.861. The minimum atomic E-state index is 0.605. The van der Waals surface area contributed by atoms with Crippen molar-refractivity contribution >= 4 is 5.69 Å². The maximum atomic E-state index is 5.14. The molecule has 94 valence electrons. The van der Waals surface area contributed by atoms with E-state index in [2.05, 4.69) is 22.2 Å². The Kier molecular flexibility index (Phi) is 4.20. The smallest absolute Gasteiger partial charge is 0.214 e. The van der Waals surface area contributed by atoms with Gasteiger partial charge in [0.2, 0.25) is 5.88 Å². The molecule has 0 aliphatic carbocycles. The van der Waals surface area contributed by atoms with Crippen LogP contribution in [0, 0.1) is 0 Å². The van der Waals surface area contributed by atoms with E-state index in [-0.39, 0.29) is 0 Å². The van der Waals surface area contributed by atoms with Crippen molar-refractivity contribution in [3.05, 3.63) is 18.3 Å². The maximum absolute atomic E-state index is 5.14. The van der Waals surface area contributed by atoms with Gasteiger partial charge in [-0.25, -0.2) is 4.98 Å². The Morgan fingerprint density at radius 1 is 1.53 bits per heavy atom. The summed E-state index contributed by atoms with van der Waals surface area (Å²) in [6.07, 6.45) is 5.71. The van der Waals surface area contributed by atoms with Gasteiger partial charge in [-0.2, -0.15) is 0 Å². The Balaban J connectivity index is 1.95. The van der Waals surface area contributed by atoms with Crippen LogP contribution in [0.5, 0.6) is 5.88 Å². The molecule has 1 aromatic heterocycles. The number of hydrogen-bond donors (Lipinski definition) is 1. The minimum Gasteiger partial charge on any atom is -0.481 e. The summed E-state index contributed by atoms with van der Waals surface area (Å²) in [5.41, 5.74) is 1.16. The third kappa shape index (κ3) is 3.33. The highest BCUT2D eigenvalue weighted by Gasteiger charge is 2.15. The third-order valence-corrected chi connectivity index (χ3v) is 3.27. The van der Waals surface area contributed by atoms with Gasteiger partial charge in [-0.05, 0) is 25.5 Å². The van der Waals surface area contributed by atoms with E-state index in [1.54, 1.807) is 13.3 Å². The zero-order valence-electron chi connectivity index (χ0n) is 10.6. The lowest BCUT2D eigenvalue weighted by Crippen LogP contribution is -2.42. The second-order valence-corrected chi connectivity index (χ2v) is 4.58. The Labute approximate surface area is 103 Å². The normalized spacial score (nSPS) is 20.0. The van der Waals surface area contributed by atoms with Gasteiger partial charge in [-0.3, -0.25) is 0 Å². The molecule has 0 spiro atoms. The van der Waals surface area contributed by atoms with E-state index in [0.717, 1.165) is 18.8 Å². The summed E-state index contributed by atoms with van der Waals surface area (Å²) in [6, 6.07) is 4.60. The summed E-state index contributed by atoms with van der Waals surface area (Å²) in [5.74, 6) is 0.672. The van der Waals surface area contributed by atoms with Crippen LogP contribution in [0.15, 0.2) is 18.3 Å². The maximum Gasteiger partial charge on any atom is 0.214 e. The van der Waals surface area contributed by atoms with Gasteiger partial charge in [0.15, 0.2) is 0 Å². The number of pyridine rings is 1. The monoisotopic (exact) mass is 235 g/mol. The SMILES string of the molecule is COc1cc(N(C)CC2CCCCN2)ccn1. The zero-order chi connectivity index (χ0) is 12.1. The van der Waals surface area contributed by atoms with Crippen molar-refractivity contribution in [2.45, 2.75) is 25.3 Å². The first-order valence-electron chi connectivity index (χ1n) is 6.24. The van der Waals surface area contributed by atoms with Gasteiger partial charge >= 0.3 is 0 Å². The van der Waals surface area contributed by atoms with Crippen molar-refractivity contribution in [1.82, 2.24) is 10.3 Å². The van der Waals surface area contributed by atoms with E-state index >= 15 is 0 Å². The molecule has 2 rings (SSSR count). The highest BCUT2D eigenvalue weighted by atomic mass is 16.5. The molecule has 4 nitrogen and oxygen atoms in total. The van der Waals surface area contributed by atoms with Crippen molar-refractivity contribution in [2.75, 3.05) is 32.1 Å². The molecule has 1 atom stereocenters. The number of aromatic nitrogens is 1. The Hall–Kier alpha value is -1.29. The van der Waals surface area contributed by atoms with Crippen LogP contribution in [-0.4, -0.2) is 38.3 Å². The van der Waals surface area contributed by atoms with Gasteiger partial charge < -0.3 is 15.0 Å². The average molecular weight is 235 g/mol. The lowest BCUT2D eigenvalue weighted by molar-refractivity contribution is 0.396. The van der Waals surface area contributed by atoms with Crippen LogP contribution in [0.25, 0.3) is 0 Å². The molecule has 1 aliphatic heterocycles. The van der Waals surface area contributed by atoms with E-state index in [4.69, 9.17) is 4.74 Å². The van der Waals surface area contributed by atoms with Crippen LogP contribution in [0.2, 0.25) is 0 Å². The van der Waals surface area contributed by atoms with Crippen molar-refractivity contribution in [3.8, 4) is 5.88 Å². The van der Waals surface area contributed by atoms with Crippen LogP contribution in [0.1, 0.15) is 19.3 Å². The number of nitrogens with zero attached hydrogens (tertiary/aromatic N) is 2. The Morgan fingerprint density at radius 3 is 3.12 bits per heavy atom. The number of likely N-dealkylation sites (N-methyl/N-ethyl adjacent to an activating group) is 1. The molecular weight excluding hydrogens is 214 g/mol. The molecule has 1 unspecified atom stereocenters. The van der Waals surface area contributed by atoms with Crippen LogP contribution >= 0.6 is 0 Å². The highest BCUT2D eigenvalue weighted by Crippen LogP contribution is 2.18. The molecule has 17 heavy (non-hydrogen) atoms. The fourth-order valence-electron chi connectivity index (χ4n) is 2.26. The molecule has 1 saturated heterocycles. The highest BCUT2D eigenvalue weighted by molar-refractivity contribution is 5.47. The molecule has 2 heterocycles.